The van der Waals surface area contributed by atoms with Crippen LogP contribution in [0.1, 0.15) is 18.4 Å². The molecular weight excluding hydrogens is 296 g/mol. The molecule has 4 nitrogen and oxygen atoms in total. The molecule has 0 spiro atoms. The fourth-order valence-electron chi connectivity index (χ4n) is 2.21. The smallest absolute Gasteiger partial charge is 0.308 e. The molecule has 1 aliphatic rings. The van der Waals surface area contributed by atoms with Crippen molar-refractivity contribution in [1.29, 1.82) is 0 Å². The Labute approximate surface area is 115 Å². The Morgan fingerprint density at radius 2 is 2.17 bits per heavy atom. The quantitative estimate of drug-likeness (QED) is 0.787. The summed E-state index contributed by atoms with van der Waals surface area (Å²) in [4.78, 5) is 18.1. The molecule has 1 aromatic heterocycles. The molecule has 2 rings (SSSR count). The maximum atomic E-state index is 11.4. The van der Waals surface area contributed by atoms with Gasteiger partial charge < -0.3 is 9.64 Å². The Kier molecular flexibility index (Phi) is 4.22. The number of halogens is 1. The molecular formula is C13H17BrN2O2. The van der Waals surface area contributed by atoms with Crippen LogP contribution in [0.15, 0.2) is 16.7 Å². The van der Waals surface area contributed by atoms with Crippen molar-refractivity contribution in [3.8, 4) is 0 Å². The number of ether oxygens (including phenoxy) is 1. The van der Waals surface area contributed by atoms with E-state index in [4.69, 9.17) is 4.74 Å². The molecule has 0 unspecified atom stereocenters. The molecule has 1 aliphatic heterocycles. The molecule has 2 heterocycles. The molecule has 0 radical (unpaired) electrons. The van der Waals surface area contributed by atoms with Crippen LogP contribution in [0.2, 0.25) is 0 Å². The summed E-state index contributed by atoms with van der Waals surface area (Å²) in [5, 5.41) is 0. The van der Waals surface area contributed by atoms with E-state index in [1.807, 2.05) is 6.20 Å². The third kappa shape index (κ3) is 2.83. The molecule has 0 amide bonds. The topological polar surface area (TPSA) is 42.4 Å². The minimum Gasteiger partial charge on any atom is -0.469 e. The summed E-state index contributed by atoms with van der Waals surface area (Å²) in [6.07, 6.45) is 3.50. The summed E-state index contributed by atoms with van der Waals surface area (Å²) >= 11 is 3.45. The molecule has 0 bridgehead atoms. The first-order valence-electron chi connectivity index (χ1n) is 6.06. The van der Waals surface area contributed by atoms with Gasteiger partial charge in [0.25, 0.3) is 0 Å². The standard InChI is InChI=1S/C13H17BrN2O2/c1-9-7-12(15-8-11(9)14)16-5-3-10(4-6-16)13(17)18-2/h7-8,10H,3-6H2,1-2H3. The van der Waals surface area contributed by atoms with E-state index in [-0.39, 0.29) is 11.9 Å². The van der Waals surface area contributed by atoms with E-state index in [1.54, 1.807) is 0 Å². The molecule has 18 heavy (non-hydrogen) atoms. The Bertz CT molecular complexity index is 443. The number of carbonyl (C=O) groups excluding carboxylic acids is 1. The predicted molar refractivity (Wildman–Crippen MR) is 73.6 cm³/mol. The number of hydrogen-bond acceptors (Lipinski definition) is 4. The number of carbonyl (C=O) groups is 1. The highest BCUT2D eigenvalue weighted by Crippen LogP contribution is 2.25. The molecule has 1 fully saturated rings. The Morgan fingerprint density at radius 1 is 1.50 bits per heavy atom. The number of nitrogens with zero attached hydrogens (tertiary/aromatic N) is 2. The molecule has 1 saturated heterocycles. The van der Waals surface area contributed by atoms with Crippen molar-refractivity contribution in [1.82, 2.24) is 4.98 Å². The van der Waals surface area contributed by atoms with Crippen LogP contribution in [0, 0.1) is 12.8 Å². The Balaban J connectivity index is 2.01. The van der Waals surface area contributed by atoms with Crippen LogP contribution in [0.5, 0.6) is 0 Å². The zero-order valence-electron chi connectivity index (χ0n) is 10.6. The molecule has 0 atom stereocenters. The van der Waals surface area contributed by atoms with Crippen molar-refractivity contribution in [2.24, 2.45) is 5.92 Å². The summed E-state index contributed by atoms with van der Waals surface area (Å²) in [5.74, 6) is 0.941. The second-order valence-corrected chi connectivity index (χ2v) is 5.43. The van der Waals surface area contributed by atoms with Crippen LogP contribution in [-0.4, -0.2) is 31.2 Å². The molecule has 0 N–H and O–H groups in total. The average molecular weight is 313 g/mol. The van der Waals surface area contributed by atoms with E-state index in [2.05, 4.69) is 38.8 Å². The maximum Gasteiger partial charge on any atom is 0.308 e. The summed E-state index contributed by atoms with van der Waals surface area (Å²) in [7, 11) is 1.45. The summed E-state index contributed by atoms with van der Waals surface area (Å²) in [5.41, 5.74) is 1.18. The van der Waals surface area contributed by atoms with Crippen LogP contribution < -0.4 is 4.90 Å². The first-order valence-corrected chi connectivity index (χ1v) is 6.86. The number of anilines is 1. The van der Waals surface area contributed by atoms with Crippen LogP contribution in [0.4, 0.5) is 5.82 Å². The highest BCUT2D eigenvalue weighted by atomic mass is 79.9. The van der Waals surface area contributed by atoms with Gasteiger partial charge in [-0.1, -0.05) is 0 Å². The number of methoxy groups -OCH3 is 1. The minimum absolute atomic E-state index is 0.0443. The van der Waals surface area contributed by atoms with E-state index in [0.717, 1.165) is 36.2 Å². The minimum atomic E-state index is -0.0883. The van der Waals surface area contributed by atoms with E-state index in [9.17, 15) is 4.79 Å². The van der Waals surface area contributed by atoms with Crippen molar-refractivity contribution < 1.29 is 9.53 Å². The monoisotopic (exact) mass is 312 g/mol. The number of esters is 1. The van der Waals surface area contributed by atoms with Crippen molar-refractivity contribution in [3.63, 3.8) is 0 Å². The number of rotatable bonds is 2. The van der Waals surface area contributed by atoms with Gasteiger partial charge in [0, 0.05) is 23.8 Å². The van der Waals surface area contributed by atoms with Gasteiger partial charge in [-0.05, 0) is 47.3 Å². The van der Waals surface area contributed by atoms with Gasteiger partial charge in [-0.15, -0.1) is 0 Å². The molecule has 98 valence electrons. The SMILES string of the molecule is COC(=O)C1CCN(c2cc(C)c(Br)cn2)CC1. The van der Waals surface area contributed by atoms with Crippen LogP contribution in [0.25, 0.3) is 0 Å². The molecule has 0 aromatic carbocycles. The van der Waals surface area contributed by atoms with Crippen molar-refractivity contribution in [2.75, 3.05) is 25.1 Å². The van der Waals surface area contributed by atoms with Crippen LogP contribution >= 0.6 is 15.9 Å². The van der Waals surface area contributed by atoms with Gasteiger partial charge in [-0.2, -0.15) is 0 Å². The van der Waals surface area contributed by atoms with Crippen molar-refractivity contribution in [2.45, 2.75) is 19.8 Å². The summed E-state index contributed by atoms with van der Waals surface area (Å²) < 4.78 is 5.81. The Morgan fingerprint density at radius 3 is 2.72 bits per heavy atom. The van der Waals surface area contributed by atoms with Gasteiger partial charge in [-0.25, -0.2) is 4.98 Å². The van der Waals surface area contributed by atoms with Crippen molar-refractivity contribution >= 4 is 27.7 Å². The highest BCUT2D eigenvalue weighted by molar-refractivity contribution is 9.10. The second kappa shape index (κ2) is 5.69. The lowest BCUT2D eigenvalue weighted by Gasteiger charge is -2.31. The van der Waals surface area contributed by atoms with E-state index < -0.39 is 0 Å². The predicted octanol–water partition coefficient (Wildman–Crippen LogP) is 2.54. The van der Waals surface area contributed by atoms with Gasteiger partial charge in [0.05, 0.1) is 13.0 Å². The number of aromatic nitrogens is 1. The summed E-state index contributed by atoms with van der Waals surface area (Å²) in [6, 6.07) is 2.07. The lowest BCUT2D eigenvalue weighted by molar-refractivity contribution is -0.146. The molecule has 1 aromatic rings. The van der Waals surface area contributed by atoms with E-state index in [1.165, 1.54) is 12.7 Å². The zero-order chi connectivity index (χ0) is 13.1. The van der Waals surface area contributed by atoms with E-state index >= 15 is 0 Å². The Hall–Kier alpha value is -1.10. The first kappa shape index (κ1) is 13.3. The van der Waals surface area contributed by atoms with Gasteiger partial charge in [0.1, 0.15) is 5.82 Å². The van der Waals surface area contributed by atoms with Crippen LogP contribution in [-0.2, 0) is 9.53 Å². The molecule has 5 heteroatoms. The second-order valence-electron chi connectivity index (χ2n) is 4.58. The molecule has 0 saturated carbocycles. The maximum absolute atomic E-state index is 11.4. The average Bonchev–Trinajstić information content (AvgIpc) is 2.41. The fraction of sp³-hybridized carbons (Fsp3) is 0.538. The number of piperidine rings is 1. The van der Waals surface area contributed by atoms with Gasteiger partial charge in [-0.3, -0.25) is 4.79 Å². The van der Waals surface area contributed by atoms with Gasteiger partial charge in [0.2, 0.25) is 0 Å². The zero-order valence-corrected chi connectivity index (χ0v) is 12.2. The first-order chi connectivity index (χ1) is 8.61. The molecule has 0 aliphatic carbocycles. The lowest BCUT2D eigenvalue weighted by atomic mass is 9.97. The number of hydrogen-bond donors (Lipinski definition) is 0. The lowest BCUT2D eigenvalue weighted by Crippen LogP contribution is -2.37. The van der Waals surface area contributed by atoms with Crippen molar-refractivity contribution in [3.05, 3.63) is 22.3 Å². The normalized spacial score (nSPS) is 16.7. The summed E-state index contributed by atoms with van der Waals surface area (Å²) in [6.45, 7) is 3.76. The number of aryl methyl sites for hydroxylation is 1. The van der Waals surface area contributed by atoms with Crippen LogP contribution in [0.3, 0.4) is 0 Å². The van der Waals surface area contributed by atoms with Gasteiger partial charge >= 0.3 is 5.97 Å². The number of pyridine rings is 1. The largest absolute Gasteiger partial charge is 0.469 e. The highest BCUT2D eigenvalue weighted by Gasteiger charge is 2.26. The van der Waals surface area contributed by atoms with Gasteiger partial charge in [0.15, 0.2) is 0 Å². The third-order valence-electron chi connectivity index (χ3n) is 3.39. The fourth-order valence-corrected chi connectivity index (χ4v) is 2.43. The van der Waals surface area contributed by atoms with E-state index in [0.29, 0.717) is 0 Å². The third-order valence-corrected chi connectivity index (χ3v) is 4.22.